The van der Waals surface area contributed by atoms with E-state index in [0.29, 0.717) is 5.56 Å². The Bertz CT molecular complexity index is 1190. The van der Waals surface area contributed by atoms with Crippen LogP contribution in [-0.4, -0.2) is 26.8 Å². The number of nitro benzene ring substituents is 1. The molecule has 7 heteroatoms. The van der Waals surface area contributed by atoms with Gasteiger partial charge in [-0.05, 0) is 49.4 Å². The van der Waals surface area contributed by atoms with Crippen LogP contribution >= 0.6 is 0 Å². The van der Waals surface area contributed by atoms with Gasteiger partial charge in [0.05, 0.1) is 11.5 Å². The van der Waals surface area contributed by atoms with Crippen LogP contribution in [0.5, 0.6) is 0 Å². The number of amides is 1. The van der Waals surface area contributed by atoms with E-state index >= 15 is 0 Å². The molecular formula is C24H25N3O4. The Morgan fingerprint density at radius 1 is 1.13 bits per heavy atom. The normalized spacial score (nSPS) is 14.5. The van der Waals surface area contributed by atoms with Gasteiger partial charge in [-0.15, -0.1) is 0 Å². The fourth-order valence-corrected chi connectivity index (χ4v) is 4.35. The van der Waals surface area contributed by atoms with Crippen LogP contribution < -0.4 is 5.56 Å². The summed E-state index contributed by atoms with van der Waals surface area (Å²) < 4.78 is 0. The molecule has 0 radical (unpaired) electrons. The van der Waals surface area contributed by atoms with Gasteiger partial charge in [0, 0.05) is 34.8 Å². The Kier molecular flexibility index (Phi) is 5.84. The van der Waals surface area contributed by atoms with Crippen molar-refractivity contribution in [2.24, 2.45) is 0 Å². The number of carbonyl (C=O) groups is 1. The van der Waals surface area contributed by atoms with E-state index < -0.39 is 4.92 Å². The van der Waals surface area contributed by atoms with Crippen LogP contribution in [-0.2, 0) is 6.54 Å². The Hall–Kier alpha value is -3.48. The van der Waals surface area contributed by atoms with E-state index in [4.69, 9.17) is 0 Å². The monoisotopic (exact) mass is 419 g/mol. The zero-order valence-corrected chi connectivity index (χ0v) is 17.5. The molecule has 1 aliphatic carbocycles. The predicted molar refractivity (Wildman–Crippen MR) is 119 cm³/mol. The molecule has 0 aliphatic heterocycles. The number of rotatable bonds is 5. The molecule has 7 nitrogen and oxygen atoms in total. The lowest BCUT2D eigenvalue weighted by Gasteiger charge is -2.34. The van der Waals surface area contributed by atoms with Crippen molar-refractivity contribution in [3.05, 3.63) is 85.7 Å². The molecule has 31 heavy (non-hydrogen) atoms. The van der Waals surface area contributed by atoms with Crippen molar-refractivity contribution < 1.29 is 9.72 Å². The lowest BCUT2D eigenvalue weighted by molar-refractivity contribution is -0.384. The first kappa shape index (κ1) is 20.8. The number of H-pyrrole nitrogens is 1. The maximum absolute atomic E-state index is 13.4. The Labute approximate surface area is 179 Å². The summed E-state index contributed by atoms with van der Waals surface area (Å²) in [5.74, 6) is -0.278. The second kappa shape index (κ2) is 8.71. The fraction of sp³-hybridized carbons (Fsp3) is 0.333. The third-order valence-corrected chi connectivity index (χ3v) is 6.00. The summed E-state index contributed by atoms with van der Waals surface area (Å²) in [7, 11) is 0. The number of nitrogens with one attached hydrogen (secondary N) is 1. The first-order chi connectivity index (χ1) is 14.9. The number of nitrogens with zero attached hydrogens (tertiary/aromatic N) is 2. The molecule has 2 aromatic carbocycles. The van der Waals surface area contributed by atoms with Gasteiger partial charge in [-0.3, -0.25) is 19.7 Å². The Balaban J connectivity index is 1.72. The van der Waals surface area contributed by atoms with E-state index in [9.17, 15) is 19.7 Å². The summed E-state index contributed by atoms with van der Waals surface area (Å²) in [6, 6.07) is 13.5. The largest absolute Gasteiger partial charge is 0.331 e. The molecular weight excluding hydrogens is 394 g/mol. The van der Waals surface area contributed by atoms with Gasteiger partial charge in [0.15, 0.2) is 0 Å². The number of aromatic nitrogens is 1. The molecule has 1 saturated carbocycles. The quantitative estimate of drug-likeness (QED) is 0.478. The van der Waals surface area contributed by atoms with E-state index in [2.05, 4.69) is 4.98 Å². The number of pyridine rings is 1. The van der Waals surface area contributed by atoms with Gasteiger partial charge in [-0.2, -0.15) is 0 Å². The second-order valence-electron chi connectivity index (χ2n) is 8.25. The van der Waals surface area contributed by atoms with Gasteiger partial charge in [0.25, 0.3) is 17.2 Å². The van der Waals surface area contributed by atoms with Crippen LogP contribution in [0.4, 0.5) is 5.69 Å². The number of carbonyl (C=O) groups excluding carboxylic acids is 1. The fourth-order valence-electron chi connectivity index (χ4n) is 4.35. The van der Waals surface area contributed by atoms with Crippen LogP contribution in [0.25, 0.3) is 10.9 Å². The van der Waals surface area contributed by atoms with Crippen molar-refractivity contribution in [2.75, 3.05) is 0 Å². The summed E-state index contributed by atoms with van der Waals surface area (Å²) >= 11 is 0. The van der Waals surface area contributed by atoms with Crippen molar-refractivity contribution >= 4 is 22.5 Å². The molecule has 1 heterocycles. The van der Waals surface area contributed by atoms with Crippen LogP contribution in [0.3, 0.4) is 0 Å². The molecule has 0 bridgehead atoms. The van der Waals surface area contributed by atoms with Gasteiger partial charge in [0.2, 0.25) is 0 Å². The summed E-state index contributed by atoms with van der Waals surface area (Å²) in [4.78, 5) is 41.5. The molecule has 1 aliphatic rings. The second-order valence-corrected chi connectivity index (χ2v) is 8.25. The highest BCUT2D eigenvalue weighted by molar-refractivity contribution is 5.95. The smallest absolute Gasteiger partial charge is 0.270 e. The molecule has 1 aromatic heterocycles. The molecule has 4 rings (SSSR count). The maximum atomic E-state index is 13.4. The SMILES string of the molecule is Cc1ccc2[nH]c(=O)c(CN(C(=O)c3cccc([N+](=O)[O-])c3)C3CCCCC3)cc2c1. The average molecular weight is 419 g/mol. The first-order valence-electron chi connectivity index (χ1n) is 10.6. The highest BCUT2D eigenvalue weighted by atomic mass is 16.6. The van der Waals surface area contributed by atoms with Crippen molar-refractivity contribution in [1.29, 1.82) is 0 Å². The van der Waals surface area contributed by atoms with E-state index in [-0.39, 0.29) is 35.3 Å². The molecule has 0 spiro atoms. The van der Waals surface area contributed by atoms with Gasteiger partial charge in [-0.25, -0.2) is 0 Å². The van der Waals surface area contributed by atoms with Crippen molar-refractivity contribution in [3.63, 3.8) is 0 Å². The zero-order chi connectivity index (χ0) is 22.0. The first-order valence-corrected chi connectivity index (χ1v) is 10.6. The average Bonchev–Trinajstić information content (AvgIpc) is 2.78. The molecule has 3 aromatic rings. The standard InChI is InChI=1S/C24H25N3O4/c1-16-10-11-22-18(12-16)13-19(23(28)25-22)15-26(20-7-3-2-4-8-20)24(29)17-6-5-9-21(14-17)27(30)31/h5-6,9-14,20H,2-4,7-8,15H2,1H3,(H,25,28). The lowest BCUT2D eigenvalue weighted by atomic mass is 9.93. The number of hydrogen-bond acceptors (Lipinski definition) is 4. The number of fused-ring (bicyclic) bond motifs is 1. The summed E-state index contributed by atoms with van der Waals surface area (Å²) in [6.45, 7) is 2.16. The van der Waals surface area contributed by atoms with E-state index in [1.54, 1.807) is 11.0 Å². The molecule has 1 fully saturated rings. The topological polar surface area (TPSA) is 96.3 Å². The Morgan fingerprint density at radius 2 is 1.90 bits per heavy atom. The van der Waals surface area contributed by atoms with Crippen LogP contribution in [0.15, 0.2) is 53.3 Å². The zero-order valence-electron chi connectivity index (χ0n) is 17.5. The number of nitro groups is 1. The molecule has 160 valence electrons. The van der Waals surface area contributed by atoms with Crippen LogP contribution in [0.1, 0.15) is 53.6 Å². The maximum Gasteiger partial charge on any atom is 0.270 e. The molecule has 1 N–H and O–H groups in total. The number of hydrogen-bond donors (Lipinski definition) is 1. The minimum atomic E-state index is -0.502. The van der Waals surface area contributed by atoms with Crippen molar-refractivity contribution in [3.8, 4) is 0 Å². The van der Waals surface area contributed by atoms with Gasteiger partial charge >= 0.3 is 0 Å². The minimum Gasteiger partial charge on any atom is -0.331 e. The summed E-state index contributed by atoms with van der Waals surface area (Å²) in [6.07, 6.45) is 4.91. The molecule has 0 unspecified atom stereocenters. The highest BCUT2D eigenvalue weighted by Crippen LogP contribution is 2.26. The van der Waals surface area contributed by atoms with Crippen molar-refractivity contribution in [1.82, 2.24) is 9.88 Å². The number of benzene rings is 2. The molecule has 0 atom stereocenters. The van der Waals surface area contributed by atoms with E-state index in [1.807, 2.05) is 31.2 Å². The number of non-ortho nitro benzene ring substituents is 1. The number of aryl methyl sites for hydroxylation is 1. The molecule has 1 amide bonds. The van der Waals surface area contributed by atoms with Crippen LogP contribution in [0.2, 0.25) is 0 Å². The Morgan fingerprint density at radius 3 is 2.65 bits per heavy atom. The third-order valence-electron chi connectivity index (χ3n) is 6.00. The van der Waals surface area contributed by atoms with E-state index in [1.165, 1.54) is 18.2 Å². The highest BCUT2D eigenvalue weighted by Gasteiger charge is 2.28. The van der Waals surface area contributed by atoms with Crippen LogP contribution in [0, 0.1) is 17.0 Å². The molecule has 0 saturated heterocycles. The van der Waals surface area contributed by atoms with E-state index in [0.717, 1.165) is 48.6 Å². The summed E-state index contributed by atoms with van der Waals surface area (Å²) in [5.41, 5.74) is 2.30. The summed E-state index contributed by atoms with van der Waals surface area (Å²) in [5, 5.41) is 12.1. The van der Waals surface area contributed by atoms with Crippen molar-refractivity contribution in [2.45, 2.75) is 51.6 Å². The number of aromatic amines is 1. The third kappa shape index (κ3) is 4.50. The van der Waals surface area contributed by atoms with Gasteiger partial charge < -0.3 is 9.88 Å². The van der Waals surface area contributed by atoms with Gasteiger partial charge in [-0.1, -0.05) is 37.0 Å². The minimum absolute atomic E-state index is 0.00752. The lowest BCUT2D eigenvalue weighted by Crippen LogP contribution is -2.42. The van der Waals surface area contributed by atoms with Gasteiger partial charge in [0.1, 0.15) is 0 Å². The predicted octanol–water partition coefficient (Wildman–Crippen LogP) is 4.72.